The van der Waals surface area contributed by atoms with E-state index in [4.69, 9.17) is 9.29 Å². The first-order valence-corrected chi connectivity index (χ1v) is 9.59. The van der Waals surface area contributed by atoms with Crippen molar-refractivity contribution in [2.75, 3.05) is 13.2 Å². The zero-order chi connectivity index (χ0) is 16.0. The Morgan fingerprint density at radius 3 is 2.00 bits per heavy atom. The minimum absolute atomic E-state index is 0.102. The summed E-state index contributed by atoms with van der Waals surface area (Å²) in [5.41, 5.74) is 0. The minimum atomic E-state index is -4.37. The van der Waals surface area contributed by atoms with E-state index >= 15 is 0 Å². The summed E-state index contributed by atoms with van der Waals surface area (Å²) in [7, 11) is -4.37. The van der Waals surface area contributed by atoms with E-state index in [9.17, 15) is 8.42 Å². The second kappa shape index (κ2) is 13.5. The van der Waals surface area contributed by atoms with Gasteiger partial charge in [-0.1, -0.05) is 65.2 Å². The third-order valence-electron chi connectivity index (χ3n) is 3.34. The van der Waals surface area contributed by atoms with Gasteiger partial charge >= 0.3 is 10.4 Å². The Morgan fingerprint density at radius 1 is 0.905 bits per heavy atom. The maximum Gasteiger partial charge on any atom is 0.397 e. The topological polar surface area (TPSA) is 72.8 Å². The summed E-state index contributed by atoms with van der Waals surface area (Å²) >= 11 is 0. The Morgan fingerprint density at radius 2 is 1.48 bits per heavy atom. The van der Waals surface area contributed by atoms with Crippen LogP contribution in [0.25, 0.3) is 0 Å². The monoisotopic (exact) mass is 324 g/mol. The van der Waals surface area contributed by atoms with Crippen molar-refractivity contribution in [2.45, 2.75) is 84.2 Å². The molecule has 0 aromatic rings. The Hall–Kier alpha value is -0.170. The van der Waals surface area contributed by atoms with Crippen molar-refractivity contribution in [3.05, 3.63) is 0 Å². The molecule has 1 unspecified atom stereocenters. The van der Waals surface area contributed by atoms with Crippen LogP contribution in [-0.2, 0) is 19.3 Å². The fourth-order valence-electron chi connectivity index (χ4n) is 2.17. The van der Waals surface area contributed by atoms with Gasteiger partial charge in [0.05, 0.1) is 12.7 Å². The van der Waals surface area contributed by atoms with E-state index in [2.05, 4.69) is 11.1 Å². The molecule has 5 nitrogen and oxygen atoms in total. The molecular weight excluding hydrogens is 292 g/mol. The lowest BCUT2D eigenvalue weighted by Crippen LogP contribution is -2.22. The van der Waals surface area contributed by atoms with Gasteiger partial charge in [0.1, 0.15) is 0 Å². The van der Waals surface area contributed by atoms with Gasteiger partial charge in [0.25, 0.3) is 0 Å². The van der Waals surface area contributed by atoms with Gasteiger partial charge in [-0.05, 0) is 12.8 Å². The van der Waals surface area contributed by atoms with E-state index in [1.165, 1.54) is 38.5 Å². The van der Waals surface area contributed by atoms with E-state index in [0.717, 1.165) is 25.7 Å². The van der Waals surface area contributed by atoms with E-state index < -0.39 is 10.4 Å². The predicted molar refractivity (Wildman–Crippen MR) is 84.8 cm³/mol. The fourth-order valence-corrected chi connectivity index (χ4v) is 2.49. The van der Waals surface area contributed by atoms with Crippen LogP contribution >= 0.6 is 0 Å². The summed E-state index contributed by atoms with van der Waals surface area (Å²) < 4.78 is 39.7. The second-order valence-corrected chi connectivity index (χ2v) is 6.56. The van der Waals surface area contributed by atoms with Gasteiger partial charge in [0.2, 0.25) is 0 Å². The Labute approximate surface area is 130 Å². The van der Waals surface area contributed by atoms with Gasteiger partial charge in [-0.3, -0.25) is 4.55 Å². The van der Waals surface area contributed by atoms with Gasteiger partial charge < -0.3 is 4.74 Å². The number of hydrogen-bond acceptors (Lipinski definition) is 4. The number of unbranched alkanes of at least 4 members (excludes halogenated alkanes) is 7. The first-order chi connectivity index (χ1) is 9.99. The highest BCUT2D eigenvalue weighted by molar-refractivity contribution is 7.80. The number of rotatable bonds is 15. The molecule has 0 fully saturated rings. The average Bonchev–Trinajstić information content (AvgIpc) is 2.42. The zero-order valence-corrected chi connectivity index (χ0v) is 14.4. The molecule has 0 saturated carbocycles. The van der Waals surface area contributed by atoms with Gasteiger partial charge in [-0.2, -0.15) is 8.42 Å². The maximum atomic E-state index is 10.6. The van der Waals surface area contributed by atoms with Crippen LogP contribution in [-0.4, -0.2) is 32.3 Å². The fraction of sp³-hybridized carbons (Fsp3) is 1.00. The first-order valence-electron chi connectivity index (χ1n) is 8.23. The summed E-state index contributed by atoms with van der Waals surface area (Å²) in [4.78, 5) is 0. The summed E-state index contributed by atoms with van der Waals surface area (Å²) in [6, 6.07) is 0. The highest BCUT2D eigenvalue weighted by Crippen LogP contribution is 2.12. The summed E-state index contributed by atoms with van der Waals surface area (Å²) in [6.07, 6.45) is 11.2. The minimum Gasteiger partial charge on any atom is -0.376 e. The molecule has 1 N–H and O–H groups in total. The Kier molecular flexibility index (Phi) is 13.4. The van der Waals surface area contributed by atoms with E-state index in [1.807, 2.05) is 6.92 Å². The SMILES string of the molecule is CCCCCCCCCCC(COS(=O)(=O)O)OCCC. The molecule has 0 aliphatic heterocycles. The lowest BCUT2D eigenvalue weighted by Gasteiger charge is -2.16. The normalized spacial score (nSPS) is 13.5. The molecule has 0 saturated heterocycles. The molecular formula is C15H32O5S. The lowest BCUT2D eigenvalue weighted by atomic mass is 10.1. The molecule has 21 heavy (non-hydrogen) atoms. The van der Waals surface area contributed by atoms with Gasteiger partial charge in [0, 0.05) is 6.61 Å². The van der Waals surface area contributed by atoms with Gasteiger partial charge in [0.15, 0.2) is 0 Å². The van der Waals surface area contributed by atoms with Crippen LogP contribution in [0, 0.1) is 0 Å². The predicted octanol–water partition coefficient (Wildman–Crippen LogP) is 4.13. The van der Waals surface area contributed by atoms with Crippen LogP contribution in [0.2, 0.25) is 0 Å². The number of hydrogen-bond donors (Lipinski definition) is 1. The molecule has 0 spiro atoms. The van der Waals surface area contributed by atoms with Crippen molar-refractivity contribution in [2.24, 2.45) is 0 Å². The van der Waals surface area contributed by atoms with E-state index in [1.54, 1.807) is 0 Å². The summed E-state index contributed by atoms with van der Waals surface area (Å²) in [5, 5.41) is 0. The molecule has 0 bridgehead atoms. The van der Waals surface area contributed by atoms with Crippen LogP contribution in [0.3, 0.4) is 0 Å². The quantitative estimate of drug-likeness (QED) is 0.362. The smallest absolute Gasteiger partial charge is 0.376 e. The van der Waals surface area contributed by atoms with Crippen molar-refractivity contribution in [3.63, 3.8) is 0 Å². The molecule has 0 aliphatic carbocycles. The largest absolute Gasteiger partial charge is 0.397 e. The van der Waals surface area contributed by atoms with Crippen molar-refractivity contribution < 1.29 is 21.9 Å². The molecule has 0 amide bonds. The first kappa shape index (κ1) is 20.8. The summed E-state index contributed by atoms with van der Waals surface area (Å²) in [6.45, 7) is 4.69. The standard InChI is InChI=1S/C15H32O5S/c1-3-5-6-7-8-9-10-11-12-15(19-13-4-2)14-20-21(16,17)18/h15H,3-14H2,1-2H3,(H,16,17,18). The van der Waals surface area contributed by atoms with Crippen LogP contribution in [0.1, 0.15) is 78.1 Å². The van der Waals surface area contributed by atoms with Crippen molar-refractivity contribution in [1.29, 1.82) is 0 Å². The summed E-state index contributed by atoms with van der Waals surface area (Å²) in [5.74, 6) is 0. The molecule has 6 heteroatoms. The third kappa shape index (κ3) is 16.0. The van der Waals surface area contributed by atoms with Crippen molar-refractivity contribution in [1.82, 2.24) is 0 Å². The molecule has 0 rings (SSSR count). The highest BCUT2D eigenvalue weighted by atomic mass is 32.3. The molecule has 0 aromatic carbocycles. The zero-order valence-electron chi connectivity index (χ0n) is 13.6. The van der Waals surface area contributed by atoms with Crippen molar-refractivity contribution in [3.8, 4) is 0 Å². The molecule has 1 atom stereocenters. The van der Waals surface area contributed by atoms with Gasteiger partial charge in [-0.25, -0.2) is 4.18 Å². The third-order valence-corrected chi connectivity index (χ3v) is 3.77. The van der Waals surface area contributed by atoms with E-state index in [0.29, 0.717) is 6.61 Å². The molecule has 0 aliphatic rings. The highest BCUT2D eigenvalue weighted by Gasteiger charge is 2.13. The molecule has 0 heterocycles. The van der Waals surface area contributed by atoms with E-state index in [-0.39, 0.29) is 12.7 Å². The van der Waals surface area contributed by atoms with Crippen LogP contribution in [0.15, 0.2) is 0 Å². The van der Waals surface area contributed by atoms with Gasteiger partial charge in [-0.15, -0.1) is 0 Å². The Bertz CT molecular complexity index is 316. The average molecular weight is 324 g/mol. The maximum absolute atomic E-state index is 10.6. The lowest BCUT2D eigenvalue weighted by molar-refractivity contribution is 0.0129. The second-order valence-electron chi connectivity index (χ2n) is 5.47. The molecule has 128 valence electrons. The van der Waals surface area contributed by atoms with Crippen LogP contribution < -0.4 is 0 Å². The number of ether oxygens (including phenoxy) is 1. The molecule has 0 radical (unpaired) electrons. The molecule has 0 aromatic heterocycles. The van der Waals surface area contributed by atoms with Crippen LogP contribution in [0.5, 0.6) is 0 Å². The Balaban J connectivity index is 3.70. The van der Waals surface area contributed by atoms with Crippen LogP contribution in [0.4, 0.5) is 0 Å². The van der Waals surface area contributed by atoms with Crippen molar-refractivity contribution >= 4 is 10.4 Å².